The van der Waals surface area contributed by atoms with Gasteiger partial charge >= 0.3 is 0 Å². The molecule has 0 aliphatic carbocycles. The zero-order chi connectivity index (χ0) is 11.1. The van der Waals surface area contributed by atoms with Crippen LogP contribution in [0.2, 0.25) is 0 Å². The highest BCUT2D eigenvalue weighted by molar-refractivity contribution is 5.54. The van der Waals surface area contributed by atoms with E-state index >= 15 is 0 Å². The van der Waals surface area contributed by atoms with E-state index in [-0.39, 0.29) is 0 Å². The summed E-state index contributed by atoms with van der Waals surface area (Å²) in [6, 6.07) is 0. The zero-order valence-corrected chi connectivity index (χ0v) is 9.41. The lowest BCUT2D eigenvalue weighted by molar-refractivity contribution is 0.282. The molecule has 0 amide bonds. The Hall–Kier alpha value is -1.52. The van der Waals surface area contributed by atoms with Crippen molar-refractivity contribution in [3.63, 3.8) is 0 Å². The average molecular weight is 211 g/mol. The third kappa shape index (κ3) is 2.97. The fraction of sp³-hybridized carbons (Fsp3) is 0.600. The van der Waals surface area contributed by atoms with Gasteiger partial charge in [0, 0.05) is 6.54 Å². The molecule has 5 heteroatoms. The Kier molecular flexibility index (Phi) is 4.66. The van der Waals surface area contributed by atoms with Gasteiger partial charge in [0.25, 0.3) is 5.88 Å². The van der Waals surface area contributed by atoms with Crippen LogP contribution in [0.5, 0.6) is 11.6 Å². The number of aromatic nitrogens is 2. The van der Waals surface area contributed by atoms with Crippen LogP contribution in [0.4, 0.5) is 5.82 Å². The molecule has 0 saturated heterocycles. The first-order valence-corrected chi connectivity index (χ1v) is 5.09. The number of nitrogens with zero attached hydrogens (tertiary/aromatic N) is 2. The van der Waals surface area contributed by atoms with E-state index in [1.165, 1.54) is 6.33 Å². The molecule has 0 aliphatic heterocycles. The van der Waals surface area contributed by atoms with Crippen molar-refractivity contribution in [3.05, 3.63) is 6.33 Å². The van der Waals surface area contributed by atoms with Crippen LogP contribution in [0.3, 0.4) is 0 Å². The van der Waals surface area contributed by atoms with Gasteiger partial charge in [-0.05, 0) is 13.3 Å². The van der Waals surface area contributed by atoms with Crippen molar-refractivity contribution >= 4 is 5.82 Å². The van der Waals surface area contributed by atoms with Gasteiger partial charge in [-0.25, -0.2) is 4.98 Å². The molecule has 0 fully saturated rings. The van der Waals surface area contributed by atoms with Gasteiger partial charge in [-0.1, -0.05) is 6.92 Å². The van der Waals surface area contributed by atoms with Gasteiger partial charge in [0.05, 0.1) is 13.7 Å². The zero-order valence-electron chi connectivity index (χ0n) is 9.41. The molecule has 0 unspecified atom stereocenters. The quantitative estimate of drug-likeness (QED) is 0.776. The Labute approximate surface area is 89.8 Å². The Morgan fingerprint density at radius 3 is 2.73 bits per heavy atom. The predicted molar refractivity (Wildman–Crippen MR) is 58.5 cm³/mol. The maximum absolute atomic E-state index is 5.45. The van der Waals surface area contributed by atoms with Gasteiger partial charge in [0.15, 0.2) is 5.82 Å². The van der Waals surface area contributed by atoms with Crippen molar-refractivity contribution in [2.45, 2.75) is 20.3 Å². The van der Waals surface area contributed by atoms with Gasteiger partial charge in [-0.3, -0.25) is 0 Å². The maximum atomic E-state index is 5.45. The van der Waals surface area contributed by atoms with E-state index < -0.39 is 0 Å². The maximum Gasteiger partial charge on any atom is 0.262 e. The van der Waals surface area contributed by atoms with Crippen LogP contribution in [-0.2, 0) is 0 Å². The highest BCUT2D eigenvalue weighted by Gasteiger charge is 2.12. The minimum Gasteiger partial charge on any atom is -0.489 e. The van der Waals surface area contributed by atoms with E-state index in [9.17, 15) is 0 Å². The number of ether oxygens (including phenoxy) is 2. The van der Waals surface area contributed by atoms with Crippen LogP contribution in [-0.4, -0.2) is 30.2 Å². The van der Waals surface area contributed by atoms with Crippen LogP contribution >= 0.6 is 0 Å². The molecule has 0 atom stereocenters. The third-order valence-electron chi connectivity index (χ3n) is 1.76. The van der Waals surface area contributed by atoms with Crippen LogP contribution < -0.4 is 14.8 Å². The van der Waals surface area contributed by atoms with E-state index in [1.807, 2.05) is 13.8 Å². The van der Waals surface area contributed by atoms with Crippen molar-refractivity contribution < 1.29 is 9.47 Å². The predicted octanol–water partition coefficient (Wildman–Crippen LogP) is 1.71. The second kappa shape index (κ2) is 6.06. The van der Waals surface area contributed by atoms with Crippen molar-refractivity contribution in [2.75, 3.05) is 25.6 Å². The fourth-order valence-electron chi connectivity index (χ4n) is 1.14. The summed E-state index contributed by atoms with van der Waals surface area (Å²) in [6.07, 6.45) is 2.40. The van der Waals surface area contributed by atoms with Crippen LogP contribution in [0.1, 0.15) is 20.3 Å². The second-order valence-electron chi connectivity index (χ2n) is 2.94. The summed E-state index contributed by atoms with van der Waals surface area (Å²) in [4.78, 5) is 8.11. The average Bonchev–Trinajstić information content (AvgIpc) is 2.27. The number of hydrogen-bond donors (Lipinski definition) is 1. The van der Waals surface area contributed by atoms with E-state index in [0.717, 1.165) is 13.0 Å². The molecule has 0 spiro atoms. The summed E-state index contributed by atoms with van der Waals surface area (Å²) >= 11 is 0. The number of anilines is 1. The van der Waals surface area contributed by atoms with E-state index in [4.69, 9.17) is 9.47 Å². The molecule has 1 rings (SSSR count). The summed E-state index contributed by atoms with van der Waals surface area (Å²) in [5.74, 6) is 1.72. The standard InChI is InChI=1S/C10H17N3O2/c1-4-6-15-10-8(14-3)9(11-5-2)12-7-13-10/h7H,4-6H2,1-3H3,(H,11,12,13). The molecule has 1 aromatic rings. The van der Waals surface area contributed by atoms with Crippen molar-refractivity contribution in [3.8, 4) is 11.6 Å². The lowest BCUT2D eigenvalue weighted by Crippen LogP contribution is -2.06. The lowest BCUT2D eigenvalue weighted by Gasteiger charge is -2.12. The van der Waals surface area contributed by atoms with Crippen LogP contribution in [0, 0.1) is 0 Å². The van der Waals surface area contributed by atoms with E-state index in [2.05, 4.69) is 15.3 Å². The summed E-state index contributed by atoms with van der Waals surface area (Å²) < 4.78 is 10.7. The minimum atomic E-state index is 0.491. The highest BCUT2D eigenvalue weighted by Crippen LogP contribution is 2.30. The summed E-state index contributed by atoms with van der Waals surface area (Å²) in [5.41, 5.74) is 0. The molecule has 1 heterocycles. The smallest absolute Gasteiger partial charge is 0.262 e. The molecule has 1 N–H and O–H groups in total. The molecule has 15 heavy (non-hydrogen) atoms. The topological polar surface area (TPSA) is 56.3 Å². The van der Waals surface area contributed by atoms with Gasteiger partial charge < -0.3 is 14.8 Å². The molecule has 0 aromatic carbocycles. The minimum absolute atomic E-state index is 0.491. The fourth-order valence-corrected chi connectivity index (χ4v) is 1.14. The molecule has 0 bridgehead atoms. The third-order valence-corrected chi connectivity index (χ3v) is 1.76. The molecular weight excluding hydrogens is 194 g/mol. The van der Waals surface area contributed by atoms with Crippen molar-refractivity contribution in [1.29, 1.82) is 0 Å². The van der Waals surface area contributed by atoms with Crippen molar-refractivity contribution in [1.82, 2.24) is 9.97 Å². The van der Waals surface area contributed by atoms with Crippen LogP contribution in [0.15, 0.2) is 6.33 Å². The number of nitrogens with one attached hydrogen (secondary N) is 1. The number of hydrogen-bond acceptors (Lipinski definition) is 5. The molecule has 84 valence electrons. The molecule has 5 nitrogen and oxygen atoms in total. The van der Waals surface area contributed by atoms with E-state index in [0.29, 0.717) is 24.1 Å². The molecule has 1 aromatic heterocycles. The Morgan fingerprint density at radius 1 is 1.33 bits per heavy atom. The highest BCUT2D eigenvalue weighted by atomic mass is 16.5. The first-order chi connectivity index (χ1) is 7.33. The summed E-state index contributed by atoms with van der Waals surface area (Å²) in [7, 11) is 1.58. The summed E-state index contributed by atoms with van der Waals surface area (Å²) in [6.45, 7) is 5.44. The number of methoxy groups -OCH3 is 1. The first-order valence-electron chi connectivity index (χ1n) is 5.09. The van der Waals surface area contributed by atoms with E-state index in [1.54, 1.807) is 7.11 Å². The van der Waals surface area contributed by atoms with Gasteiger partial charge in [0.2, 0.25) is 5.75 Å². The van der Waals surface area contributed by atoms with Gasteiger partial charge in [-0.15, -0.1) is 0 Å². The molecular formula is C10H17N3O2. The molecule has 0 saturated carbocycles. The molecule has 0 aliphatic rings. The normalized spacial score (nSPS) is 9.80. The Bertz CT molecular complexity index is 305. The second-order valence-corrected chi connectivity index (χ2v) is 2.94. The summed E-state index contributed by atoms with van der Waals surface area (Å²) in [5, 5.41) is 3.09. The van der Waals surface area contributed by atoms with Crippen molar-refractivity contribution in [2.24, 2.45) is 0 Å². The van der Waals surface area contributed by atoms with Crippen LogP contribution in [0.25, 0.3) is 0 Å². The first kappa shape index (κ1) is 11.6. The Morgan fingerprint density at radius 2 is 2.13 bits per heavy atom. The monoisotopic (exact) mass is 211 g/mol. The van der Waals surface area contributed by atoms with Gasteiger partial charge in [0.1, 0.15) is 6.33 Å². The van der Waals surface area contributed by atoms with Gasteiger partial charge in [-0.2, -0.15) is 4.98 Å². The number of rotatable bonds is 6. The SMILES string of the molecule is CCCOc1ncnc(NCC)c1OC. The lowest BCUT2D eigenvalue weighted by atomic mass is 10.4. The Balaban J connectivity index is 2.88. The largest absolute Gasteiger partial charge is 0.489 e. The molecule has 0 radical (unpaired) electrons.